The molecule has 0 bridgehead atoms. The first-order valence-corrected chi connectivity index (χ1v) is 11.5. The summed E-state index contributed by atoms with van der Waals surface area (Å²) in [6, 6.07) is 0.00104. The van der Waals surface area contributed by atoms with Crippen molar-refractivity contribution in [1.82, 2.24) is 25.9 Å². The lowest BCUT2D eigenvalue weighted by molar-refractivity contribution is -0.142. The minimum atomic E-state index is -1.54. The van der Waals surface area contributed by atoms with Gasteiger partial charge in [-0.15, -0.1) is 0 Å². The number of phenolic OH excluding ortho intramolecular Hbond substituents is 1. The second kappa shape index (κ2) is 13.7. The first kappa shape index (κ1) is 29.7. The summed E-state index contributed by atoms with van der Waals surface area (Å²) in [5.74, 6) is -5.11. The number of aliphatic hydroxyl groups excluding tert-OH is 1. The summed E-state index contributed by atoms with van der Waals surface area (Å²) < 4.78 is 0. The van der Waals surface area contributed by atoms with Crippen LogP contribution in [0.5, 0.6) is 5.75 Å². The molecule has 38 heavy (non-hydrogen) atoms. The van der Waals surface area contributed by atoms with Crippen molar-refractivity contribution >= 4 is 29.6 Å². The van der Waals surface area contributed by atoms with Gasteiger partial charge < -0.3 is 47.7 Å². The smallest absolute Gasteiger partial charge is 0.326 e. The lowest BCUT2D eigenvalue weighted by Crippen LogP contribution is -2.59. The number of benzene rings is 1. The third-order valence-corrected chi connectivity index (χ3v) is 5.46. The summed E-state index contributed by atoms with van der Waals surface area (Å²) in [5, 5.41) is 35.7. The minimum Gasteiger partial charge on any atom is -0.508 e. The highest BCUT2D eigenvalue weighted by Gasteiger charge is 2.32. The summed E-state index contributed by atoms with van der Waals surface area (Å²) in [4.78, 5) is 68.4. The number of aromatic amines is 1. The van der Waals surface area contributed by atoms with Crippen LogP contribution in [0, 0.1) is 0 Å². The highest BCUT2D eigenvalue weighted by Crippen LogP contribution is 2.12. The van der Waals surface area contributed by atoms with E-state index in [-0.39, 0.29) is 18.6 Å². The highest BCUT2D eigenvalue weighted by molar-refractivity contribution is 5.96. The molecular formula is C23H31N7O8. The first-order chi connectivity index (χ1) is 17.9. The molecule has 5 atom stereocenters. The lowest BCUT2D eigenvalue weighted by Gasteiger charge is -2.25. The van der Waals surface area contributed by atoms with Crippen LogP contribution in [0.25, 0.3) is 0 Å². The van der Waals surface area contributed by atoms with Gasteiger partial charge in [-0.05, 0) is 24.6 Å². The number of carboxylic acid groups (broad SMARTS) is 1. The molecule has 5 unspecified atom stereocenters. The van der Waals surface area contributed by atoms with Crippen LogP contribution in [0.4, 0.5) is 0 Å². The minimum absolute atomic E-state index is 0.0389. The molecule has 0 radical (unpaired) electrons. The number of H-pyrrole nitrogens is 1. The molecule has 206 valence electrons. The number of phenols is 1. The molecule has 4 amide bonds. The number of carbonyl (C=O) groups is 5. The van der Waals surface area contributed by atoms with E-state index in [1.807, 2.05) is 0 Å². The van der Waals surface area contributed by atoms with Crippen LogP contribution in [0.2, 0.25) is 0 Å². The molecule has 1 aromatic carbocycles. The Kier molecular flexibility index (Phi) is 10.7. The van der Waals surface area contributed by atoms with Gasteiger partial charge in [0.25, 0.3) is 0 Å². The van der Waals surface area contributed by atoms with E-state index < -0.39 is 66.3 Å². The van der Waals surface area contributed by atoms with Crippen molar-refractivity contribution in [3.8, 4) is 5.75 Å². The number of hydrogen-bond donors (Lipinski definition) is 9. The van der Waals surface area contributed by atoms with Gasteiger partial charge in [-0.1, -0.05) is 12.1 Å². The molecule has 11 N–H and O–H groups in total. The lowest BCUT2D eigenvalue weighted by atomic mass is 10.0. The molecule has 15 heteroatoms. The molecule has 1 aromatic heterocycles. The summed E-state index contributed by atoms with van der Waals surface area (Å²) in [6.45, 7) is 1.26. The van der Waals surface area contributed by atoms with E-state index in [2.05, 4.69) is 25.9 Å². The molecular weight excluding hydrogens is 502 g/mol. The maximum atomic E-state index is 13.2. The molecule has 1 heterocycles. The molecule has 2 rings (SSSR count). The van der Waals surface area contributed by atoms with Crippen molar-refractivity contribution in [2.24, 2.45) is 11.5 Å². The number of nitrogens with two attached hydrogens (primary N) is 2. The molecule has 0 spiro atoms. The molecule has 0 saturated heterocycles. The van der Waals surface area contributed by atoms with E-state index in [4.69, 9.17) is 11.5 Å². The van der Waals surface area contributed by atoms with Crippen molar-refractivity contribution in [1.29, 1.82) is 0 Å². The van der Waals surface area contributed by atoms with Crippen LogP contribution in [0.15, 0.2) is 36.8 Å². The molecule has 15 nitrogen and oxygen atoms in total. The molecule has 2 aromatic rings. The number of aromatic nitrogens is 2. The number of nitrogens with one attached hydrogen (secondary N) is 4. The van der Waals surface area contributed by atoms with Crippen LogP contribution in [-0.2, 0) is 36.8 Å². The number of carbonyl (C=O) groups excluding carboxylic acids is 4. The zero-order valence-corrected chi connectivity index (χ0v) is 20.5. The van der Waals surface area contributed by atoms with Gasteiger partial charge >= 0.3 is 5.97 Å². The SMILES string of the molecule is CC(O)C(N)C(=O)NC(CC(N)=O)C(=O)NC(Cc1ccc(O)cc1)C(=O)NC(Cc1cnc[nH]1)C(=O)O. The standard InChI is InChI=1S/C23H31N7O8/c1-11(31)19(25)22(36)29-16(8-18(24)33)21(35)28-15(6-12-2-4-14(32)5-3-12)20(34)30-17(23(37)38)7-13-9-26-10-27-13/h2-5,9-11,15-17,19,31-32H,6-8,25H2,1H3,(H2,24,33)(H,26,27)(H,28,35)(H,29,36)(H,30,34)(H,37,38). The van der Waals surface area contributed by atoms with E-state index in [1.165, 1.54) is 43.7 Å². The quantitative estimate of drug-likeness (QED) is 0.119. The Labute approximate surface area is 217 Å². The average molecular weight is 534 g/mol. The number of aliphatic carboxylic acids is 1. The summed E-state index contributed by atoms with van der Waals surface area (Å²) in [5.41, 5.74) is 11.7. The number of hydrogen-bond acceptors (Lipinski definition) is 9. The van der Waals surface area contributed by atoms with Crippen LogP contribution < -0.4 is 27.4 Å². The molecule has 0 saturated carbocycles. The summed E-state index contributed by atoms with van der Waals surface area (Å²) in [6.07, 6.45) is 0.572. The summed E-state index contributed by atoms with van der Waals surface area (Å²) in [7, 11) is 0. The monoisotopic (exact) mass is 533 g/mol. The molecule has 0 aliphatic rings. The third kappa shape index (κ3) is 9.18. The number of nitrogens with zero attached hydrogens (tertiary/aromatic N) is 1. The predicted molar refractivity (Wildman–Crippen MR) is 131 cm³/mol. The van der Waals surface area contributed by atoms with Gasteiger partial charge in [0.2, 0.25) is 23.6 Å². The van der Waals surface area contributed by atoms with E-state index in [9.17, 15) is 39.3 Å². The van der Waals surface area contributed by atoms with E-state index in [1.54, 1.807) is 0 Å². The molecule has 0 aliphatic heterocycles. The number of primary amides is 1. The largest absolute Gasteiger partial charge is 0.508 e. The Balaban J connectivity index is 2.27. The van der Waals surface area contributed by atoms with Crippen molar-refractivity contribution in [2.45, 2.75) is 56.5 Å². The average Bonchev–Trinajstić information content (AvgIpc) is 3.36. The first-order valence-electron chi connectivity index (χ1n) is 11.5. The predicted octanol–water partition coefficient (Wildman–Crippen LogP) is -2.98. The van der Waals surface area contributed by atoms with Gasteiger partial charge in [0, 0.05) is 24.7 Å². The van der Waals surface area contributed by atoms with Crippen molar-refractivity contribution in [2.75, 3.05) is 0 Å². The normalized spacial score (nSPS) is 14.8. The van der Waals surface area contributed by atoms with Crippen molar-refractivity contribution in [3.05, 3.63) is 48.0 Å². The molecule has 0 fully saturated rings. The van der Waals surface area contributed by atoms with Crippen molar-refractivity contribution in [3.63, 3.8) is 0 Å². The third-order valence-electron chi connectivity index (χ3n) is 5.46. The van der Waals surface area contributed by atoms with E-state index in [0.29, 0.717) is 11.3 Å². The summed E-state index contributed by atoms with van der Waals surface area (Å²) >= 11 is 0. The fraction of sp³-hybridized carbons (Fsp3) is 0.391. The maximum Gasteiger partial charge on any atom is 0.326 e. The van der Waals surface area contributed by atoms with Crippen molar-refractivity contribution < 1.29 is 39.3 Å². The van der Waals surface area contributed by atoms with Gasteiger partial charge in [0.1, 0.15) is 29.9 Å². The number of aromatic hydroxyl groups is 1. The maximum absolute atomic E-state index is 13.2. The number of carboxylic acids is 1. The van der Waals surface area contributed by atoms with Gasteiger partial charge in [0.15, 0.2) is 0 Å². The van der Waals surface area contributed by atoms with Gasteiger partial charge in [-0.2, -0.15) is 0 Å². The Morgan fingerprint density at radius 1 is 0.947 bits per heavy atom. The topological polar surface area (TPSA) is 263 Å². The Morgan fingerprint density at radius 3 is 2.05 bits per heavy atom. The fourth-order valence-corrected chi connectivity index (χ4v) is 3.34. The number of amides is 4. The Hall–Kier alpha value is -4.50. The van der Waals surface area contributed by atoms with Gasteiger partial charge in [0.05, 0.1) is 18.9 Å². The molecule has 0 aliphatic carbocycles. The van der Waals surface area contributed by atoms with E-state index in [0.717, 1.165) is 0 Å². The number of aliphatic hydroxyl groups is 1. The van der Waals surface area contributed by atoms with Gasteiger partial charge in [-0.3, -0.25) is 19.2 Å². The Morgan fingerprint density at radius 2 is 1.53 bits per heavy atom. The van der Waals surface area contributed by atoms with Crippen LogP contribution >= 0.6 is 0 Å². The fourth-order valence-electron chi connectivity index (χ4n) is 3.34. The Bertz CT molecular complexity index is 1120. The zero-order chi connectivity index (χ0) is 28.4. The van der Waals surface area contributed by atoms with Crippen LogP contribution in [0.3, 0.4) is 0 Å². The van der Waals surface area contributed by atoms with E-state index >= 15 is 0 Å². The van der Waals surface area contributed by atoms with Gasteiger partial charge in [-0.25, -0.2) is 9.78 Å². The second-order valence-electron chi connectivity index (χ2n) is 8.61. The number of rotatable bonds is 14. The number of imidazole rings is 1. The highest BCUT2D eigenvalue weighted by atomic mass is 16.4. The second-order valence-corrected chi connectivity index (χ2v) is 8.61. The van der Waals surface area contributed by atoms with Crippen LogP contribution in [0.1, 0.15) is 24.6 Å². The van der Waals surface area contributed by atoms with Crippen LogP contribution in [-0.4, -0.2) is 85.2 Å². The zero-order valence-electron chi connectivity index (χ0n) is 20.5.